The molecular formula is C10H15IN2O3. The molecule has 1 aromatic rings. The van der Waals surface area contributed by atoms with Gasteiger partial charge in [0.15, 0.2) is 0 Å². The van der Waals surface area contributed by atoms with Crippen molar-refractivity contribution in [2.75, 3.05) is 14.2 Å². The van der Waals surface area contributed by atoms with Gasteiger partial charge in [-0.3, -0.25) is 4.79 Å². The third-order valence-electron chi connectivity index (χ3n) is 2.19. The number of nitrogens with zero attached hydrogens (tertiary/aromatic N) is 1. The first-order valence-electron chi connectivity index (χ1n) is 4.94. The van der Waals surface area contributed by atoms with E-state index in [1.165, 1.54) is 0 Å². The Bertz CT molecular complexity index is 402. The third-order valence-corrected chi connectivity index (χ3v) is 3.30. The number of nitrogens with one attached hydrogen (secondary N) is 1. The summed E-state index contributed by atoms with van der Waals surface area (Å²) < 4.78 is 10.8. The second-order valence-electron chi connectivity index (χ2n) is 3.28. The fourth-order valence-electron chi connectivity index (χ4n) is 1.38. The zero-order chi connectivity index (χ0) is 12.1. The first-order valence-corrected chi connectivity index (χ1v) is 6.02. The lowest BCUT2D eigenvalue weighted by molar-refractivity contribution is 0.0913. The molecule has 0 fully saturated rings. The predicted octanol–water partition coefficient (Wildman–Crippen LogP) is 1.62. The van der Waals surface area contributed by atoms with Crippen molar-refractivity contribution >= 4 is 22.6 Å². The second-order valence-corrected chi connectivity index (χ2v) is 4.36. The zero-order valence-corrected chi connectivity index (χ0v) is 11.7. The molecule has 1 unspecified atom stereocenters. The van der Waals surface area contributed by atoms with Crippen LogP contribution in [0.1, 0.15) is 31.0 Å². The number of aromatic nitrogens is 2. The average molecular weight is 338 g/mol. The van der Waals surface area contributed by atoms with Crippen molar-refractivity contribution < 1.29 is 9.47 Å². The van der Waals surface area contributed by atoms with Crippen LogP contribution >= 0.6 is 22.6 Å². The molecule has 0 saturated carbocycles. The van der Waals surface area contributed by atoms with E-state index in [1.54, 1.807) is 14.2 Å². The monoisotopic (exact) mass is 338 g/mol. The van der Waals surface area contributed by atoms with Gasteiger partial charge in [-0.1, -0.05) is 6.92 Å². The normalized spacial score (nSPS) is 12.8. The molecule has 0 radical (unpaired) electrons. The Kier molecular flexibility index (Phi) is 5.36. The Morgan fingerprint density at radius 1 is 1.50 bits per heavy atom. The number of hydrogen-bond donors (Lipinski definition) is 1. The van der Waals surface area contributed by atoms with Crippen LogP contribution in [-0.2, 0) is 16.1 Å². The predicted molar refractivity (Wildman–Crippen MR) is 68.3 cm³/mol. The van der Waals surface area contributed by atoms with Gasteiger partial charge in [-0.15, -0.1) is 0 Å². The van der Waals surface area contributed by atoms with E-state index in [9.17, 15) is 4.79 Å². The quantitative estimate of drug-likeness (QED) is 0.829. The van der Waals surface area contributed by atoms with Crippen LogP contribution in [0.2, 0.25) is 0 Å². The summed E-state index contributed by atoms with van der Waals surface area (Å²) in [5, 5.41) is 0. The van der Waals surface area contributed by atoms with E-state index in [1.807, 2.05) is 29.5 Å². The smallest absolute Gasteiger partial charge is 0.264 e. The summed E-state index contributed by atoms with van der Waals surface area (Å²) in [6, 6.07) is 0. The van der Waals surface area contributed by atoms with Gasteiger partial charge < -0.3 is 14.5 Å². The molecule has 6 heteroatoms. The largest absolute Gasteiger partial charge is 0.378 e. The number of aromatic amines is 1. The molecule has 1 rings (SSSR count). The molecule has 1 N–H and O–H groups in total. The van der Waals surface area contributed by atoms with Crippen molar-refractivity contribution in [3.8, 4) is 0 Å². The molecule has 0 aliphatic carbocycles. The Morgan fingerprint density at radius 2 is 2.19 bits per heavy atom. The highest BCUT2D eigenvalue weighted by Gasteiger charge is 2.15. The number of rotatable bonds is 5. The lowest BCUT2D eigenvalue weighted by Crippen LogP contribution is -2.21. The number of H-pyrrole nitrogens is 1. The van der Waals surface area contributed by atoms with Crippen molar-refractivity contribution in [1.29, 1.82) is 0 Å². The minimum Gasteiger partial charge on any atom is -0.378 e. The lowest BCUT2D eigenvalue weighted by atomic mass is 10.2. The first kappa shape index (κ1) is 13.6. The summed E-state index contributed by atoms with van der Waals surface area (Å²) in [6.45, 7) is 2.30. The number of halogens is 1. The molecule has 0 aromatic carbocycles. The summed E-state index contributed by atoms with van der Waals surface area (Å²) in [6.07, 6.45) is 0.576. The van der Waals surface area contributed by atoms with Gasteiger partial charge in [0.25, 0.3) is 5.56 Å². The summed E-state index contributed by atoms with van der Waals surface area (Å²) >= 11 is 1.97. The second kappa shape index (κ2) is 6.31. The van der Waals surface area contributed by atoms with Gasteiger partial charge >= 0.3 is 0 Å². The molecule has 5 nitrogen and oxygen atoms in total. The molecule has 1 aromatic heterocycles. The fourth-order valence-corrected chi connectivity index (χ4v) is 1.79. The maximum Gasteiger partial charge on any atom is 0.264 e. The van der Waals surface area contributed by atoms with Gasteiger partial charge in [-0.05, 0) is 29.0 Å². The van der Waals surface area contributed by atoms with Crippen LogP contribution in [0.4, 0.5) is 0 Å². The molecule has 1 heterocycles. The van der Waals surface area contributed by atoms with E-state index >= 15 is 0 Å². The summed E-state index contributed by atoms with van der Waals surface area (Å²) in [4.78, 5) is 18.7. The van der Waals surface area contributed by atoms with Crippen molar-refractivity contribution in [3.63, 3.8) is 0 Å². The minimum absolute atomic E-state index is 0.145. The Morgan fingerprint density at radius 3 is 2.69 bits per heavy atom. The Hall–Kier alpha value is -0.470. The van der Waals surface area contributed by atoms with E-state index in [2.05, 4.69) is 9.97 Å². The molecule has 0 aliphatic rings. The highest BCUT2D eigenvalue weighted by molar-refractivity contribution is 14.1. The molecular weight excluding hydrogens is 323 g/mol. The van der Waals surface area contributed by atoms with Gasteiger partial charge in [0.05, 0.1) is 12.3 Å². The topological polar surface area (TPSA) is 64.2 Å². The van der Waals surface area contributed by atoms with Crippen LogP contribution in [0.25, 0.3) is 0 Å². The Balaban J connectivity index is 3.17. The highest BCUT2D eigenvalue weighted by Crippen LogP contribution is 2.16. The number of ether oxygens (including phenoxy) is 2. The molecule has 0 bridgehead atoms. The van der Waals surface area contributed by atoms with Gasteiger partial charge in [-0.25, -0.2) is 4.98 Å². The fraction of sp³-hybridized carbons (Fsp3) is 0.600. The maximum absolute atomic E-state index is 11.7. The molecule has 0 saturated heterocycles. The lowest BCUT2D eigenvalue weighted by Gasteiger charge is -2.13. The van der Waals surface area contributed by atoms with Crippen molar-refractivity contribution in [1.82, 2.24) is 9.97 Å². The maximum atomic E-state index is 11.7. The molecule has 16 heavy (non-hydrogen) atoms. The van der Waals surface area contributed by atoms with Gasteiger partial charge in [0.2, 0.25) is 0 Å². The molecule has 1 atom stereocenters. The molecule has 90 valence electrons. The minimum atomic E-state index is -0.180. The summed E-state index contributed by atoms with van der Waals surface area (Å²) in [7, 11) is 3.17. The molecule has 0 spiro atoms. The van der Waals surface area contributed by atoms with Gasteiger partial charge in [-0.2, -0.15) is 0 Å². The van der Waals surface area contributed by atoms with Crippen LogP contribution in [0.15, 0.2) is 4.79 Å². The van der Waals surface area contributed by atoms with Gasteiger partial charge in [0.1, 0.15) is 15.5 Å². The van der Waals surface area contributed by atoms with E-state index in [-0.39, 0.29) is 11.7 Å². The summed E-state index contributed by atoms with van der Waals surface area (Å²) in [5.74, 6) is 0.558. The number of methoxy groups -OCH3 is 2. The van der Waals surface area contributed by atoms with Crippen molar-refractivity contribution in [3.05, 3.63) is 25.4 Å². The molecule has 0 amide bonds. The van der Waals surface area contributed by atoms with Crippen LogP contribution in [0.5, 0.6) is 0 Å². The highest BCUT2D eigenvalue weighted by atomic mass is 127. The standard InChI is InChI=1S/C10H15IN2O3/c1-4-7(16-3)9-12-6(5-15-2)8(11)10(14)13-9/h7H,4-5H2,1-3H3,(H,12,13,14). The van der Waals surface area contributed by atoms with Crippen LogP contribution < -0.4 is 5.56 Å². The Labute approximate surface area is 108 Å². The summed E-state index contributed by atoms with van der Waals surface area (Å²) in [5.41, 5.74) is 0.505. The van der Waals surface area contributed by atoms with Crippen LogP contribution in [0.3, 0.4) is 0 Å². The first-order chi connectivity index (χ1) is 7.63. The van der Waals surface area contributed by atoms with Crippen molar-refractivity contribution in [2.45, 2.75) is 26.1 Å². The van der Waals surface area contributed by atoms with Crippen LogP contribution in [-0.4, -0.2) is 24.2 Å². The van der Waals surface area contributed by atoms with Crippen LogP contribution in [0, 0.1) is 3.57 Å². The van der Waals surface area contributed by atoms with E-state index < -0.39 is 0 Å². The average Bonchev–Trinajstić information content (AvgIpc) is 2.27. The van der Waals surface area contributed by atoms with E-state index in [0.717, 1.165) is 6.42 Å². The van der Waals surface area contributed by atoms with Gasteiger partial charge in [0, 0.05) is 14.2 Å². The molecule has 0 aliphatic heterocycles. The SMILES string of the molecule is CCC(OC)c1nc(COC)c(I)c(=O)[nH]1. The number of hydrogen-bond acceptors (Lipinski definition) is 4. The van der Waals surface area contributed by atoms with E-state index in [0.29, 0.717) is 21.7 Å². The van der Waals surface area contributed by atoms with Crippen molar-refractivity contribution in [2.24, 2.45) is 0 Å². The zero-order valence-electron chi connectivity index (χ0n) is 9.54. The van der Waals surface area contributed by atoms with E-state index in [4.69, 9.17) is 9.47 Å². The third kappa shape index (κ3) is 3.02.